The average molecular weight is 1010 g/mol. The van der Waals surface area contributed by atoms with Crippen molar-refractivity contribution in [1.82, 2.24) is 46.5 Å². The standard InChI is InChI=1S/C50H60N10O13/c1-29(2)21-33(51)44-57-37(25-68-44)41(61)54-34(17-11-19-52-49(66)72-23-31-13-7-5-8-14-31)45-58-39(26-69-45)43(63)56-36(22-30(3)4)47-59-38(27-70-47)42(62)55-35(46-60-40(28-71-46)48(64)65)18-12-20-53-50(67)73-24-32-15-9-6-10-16-32/h5-10,13-16,25-30,33-36H,11-12,17-24,51H2,1-4H3,(H,52,66)(H,53,67)(H,54,61)(H,55,62)(H,56,63)(H,64,65)/t33-,34-,35-,36-/m0/s1. The van der Waals surface area contributed by atoms with Gasteiger partial charge in [0.2, 0.25) is 23.6 Å². The molecular weight excluding hydrogens is 949 g/mol. The van der Waals surface area contributed by atoms with E-state index in [4.69, 9.17) is 32.9 Å². The number of rotatable bonds is 27. The van der Waals surface area contributed by atoms with Crippen LogP contribution in [0, 0.1) is 11.8 Å². The first-order valence-electron chi connectivity index (χ1n) is 23.7. The predicted octanol–water partition coefficient (Wildman–Crippen LogP) is 7.26. The zero-order valence-electron chi connectivity index (χ0n) is 40.8. The van der Waals surface area contributed by atoms with E-state index in [1.165, 1.54) is 6.26 Å². The molecule has 4 heterocycles. The lowest BCUT2D eigenvalue weighted by molar-refractivity contribution is 0.0689. The summed E-state index contributed by atoms with van der Waals surface area (Å²) >= 11 is 0. The molecule has 0 bridgehead atoms. The first-order chi connectivity index (χ1) is 35.1. The Balaban J connectivity index is 1.10. The number of alkyl carbamates (subject to hydrolysis) is 2. The molecular formula is C50H60N10O13. The molecule has 8 N–H and O–H groups in total. The zero-order chi connectivity index (χ0) is 52.3. The number of amides is 5. The third-order valence-electron chi connectivity index (χ3n) is 10.9. The Bertz CT molecular complexity index is 2730. The molecule has 0 aliphatic heterocycles. The van der Waals surface area contributed by atoms with Gasteiger partial charge in [-0.05, 0) is 61.5 Å². The highest BCUT2D eigenvalue weighted by Crippen LogP contribution is 2.25. The molecule has 5 amide bonds. The summed E-state index contributed by atoms with van der Waals surface area (Å²) in [5, 5.41) is 23.2. The van der Waals surface area contributed by atoms with E-state index in [0.29, 0.717) is 25.7 Å². The van der Waals surface area contributed by atoms with Crippen molar-refractivity contribution in [3.05, 3.63) is 143 Å². The largest absolute Gasteiger partial charge is 0.476 e. The Morgan fingerprint density at radius 3 is 1.32 bits per heavy atom. The van der Waals surface area contributed by atoms with Gasteiger partial charge in [-0.2, -0.15) is 0 Å². The quantitative estimate of drug-likeness (QED) is 0.0250. The molecule has 0 saturated carbocycles. The molecule has 6 rings (SSSR count). The van der Waals surface area contributed by atoms with Gasteiger partial charge < -0.3 is 64.6 Å². The van der Waals surface area contributed by atoms with E-state index in [1.54, 1.807) is 0 Å². The number of carbonyl (C=O) groups excluding carboxylic acids is 5. The first kappa shape index (κ1) is 54.0. The number of aromatic carboxylic acids is 1. The fourth-order valence-corrected chi connectivity index (χ4v) is 7.27. The third-order valence-corrected chi connectivity index (χ3v) is 10.9. The van der Waals surface area contributed by atoms with Crippen molar-refractivity contribution in [3.8, 4) is 0 Å². The van der Waals surface area contributed by atoms with Crippen molar-refractivity contribution in [1.29, 1.82) is 0 Å². The van der Waals surface area contributed by atoms with Gasteiger partial charge in [-0.3, -0.25) is 14.4 Å². The summed E-state index contributed by atoms with van der Waals surface area (Å²) in [7, 11) is 0. The number of nitrogens with one attached hydrogen (secondary N) is 5. The van der Waals surface area contributed by atoms with Gasteiger partial charge in [0.1, 0.15) is 56.4 Å². The smallest absolute Gasteiger partial charge is 0.407 e. The SMILES string of the molecule is CC(C)C[C@H](NC(=O)c1coc([C@H](CCCNC(=O)OCc2ccccc2)NC(=O)c2coc([C@@H](N)CC(C)C)n2)n1)c1nc(C(=O)N[C@@H](CCCNC(=O)OCc2ccccc2)c2nc(C(=O)O)co2)co1. The summed E-state index contributed by atoms with van der Waals surface area (Å²) in [6.45, 7) is 8.28. The second-order valence-electron chi connectivity index (χ2n) is 17.8. The summed E-state index contributed by atoms with van der Waals surface area (Å²) in [5.74, 6) is -3.04. The molecule has 0 saturated heterocycles. The minimum absolute atomic E-state index is 0.00463. The molecule has 23 heteroatoms. The van der Waals surface area contributed by atoms with E-state index in [-0.39, 0.29) is 97.3 Å². The molecule has 0 radical (unpaired) electrons. The van der Waals surface area contributed by atoms with Crippen molar-refractivity contribution in [2.45, 2.75) is 104 Å². The molecule has 0 aliphatic rings. The Morgan fingerprint density at radius 1 is 0.534 bits per heavy atom. The zero-order valence-corrected chi connectivity index (χ0v) is 40.8. The molecule has 0 unspecified atom stereocenters. The minimum Gasteiger partial charge on any atom is -0.476 e. The van der Waals surface area contributed by atoms with Gasteiger partial charge in [-0.25, -0.2) is 34.3 Å². The molecule has 0 aliphatic carbocycles. The highest BCUT2D eigenvalue weighted by molar-refractivity contribution is 5.93. The lowest BCUT2D eigenvalue weighted by Crippen LogP contribution is -2.32. The number of nitrogens with zero attached hydrogens (tertiary/aromatic N) is 4. The van der Waals surface area contributed by atoms with E-state index in [2.05, 4.69) is 46.5 Å². The third kappa shape index (κ3) is 16.9. The number of benzene rings is 2. The minimum atomic E-state index is -1.33. The summed E-state index contributed by atoms with van der Waals surface area (Å²) in [4.78, 5) is 94.5. The van der Waals surface area contributed by atoms with Crippen molar-refractivity contribution in [3.63, 3.8) is 0 Å². The van der Waals surface area contributed by atoms with Gasteiger partial charge in [-0.1, -0.05) is 88.4 Å². The monoisotopic (exact) mass is 1010 g/mol. The normalized spacial score (nSPS) is 12.9. The van der Waals surface area contributed by atoms with Crippen molar-refractivity contribution >= 4 is 35.9 Å². The van der Waals surface area contributed by atoms with Gasteiger partial charge in [0.15, 0.2) is 22.8 Å². The van der Waals surface area contributed by atoms with Crippen LogP contribution in [0.2, 0.25) is 0 Å². The van der Waals surface area contributed by atoms with Gasteiger partial charge in [-0.15, -0.1) is 0 Å². The van der Waals surface area contributed by atoms with E-state index in [9.17, 15) is 33.9 Å². The number of hydrogen-bond donors (Lipinski definition) is 7. The molecule has 4 aromatic heterocycles. The van der Waals surface area contributed by atoms with Gasteiger partial charge >= 0.3 is 18.2 Å². The molecule has 23 nitrogen and oxygen atoms in total. The number of oxazole rings is 4. The van der Waals surface area contributed by atoms with Crippen LogP contribution in [0.4, 0.5) is 9.59 Å². The van der Waals surface area contributed by atoms with Crippen LogP contribution < -0.4 is 32.3 Å². The van der Waals surface area contributed by atoms with Crippen LogP contribution in [-0.2, 0) is 22.7 Å². The molecule has 0 spiro atoms. The maximum absolute atomic E-state index is 13.8. The Morgan fingerprint density at radius 2 is 0.904 bits per heavy atom. The number of aromatic nitrogens is 4. The Labute approximate surface area is 419 Å². The summed E-state index contributed by atoms with van der Waals surface area (Å²) < 4.78 is 33.0. The van der Waals surface area contributed by atoms with E-state index in [1.807, 2.05) is 88.4 Å². The van der Waals surface area contributed by atoms with Crippen LogP contribution in [0.3, 0.4) is 0 Å². The van der Waals surface area contributed by atoms with Crippen molar-refractivity contribution in [2.24, 2.45) is 17.6 Å². The second-order valence-corrected chi connectivity index (χ2v) is 17.8. The summed E-state index contributed by atoms with van der Waals surface area (Å²) in [6, 6.07) is 15.1. The number of ether oxygens (including phenoxy) is 2. The molecule has 388 valence electrons. The molecule has 4 atom stereocenters. The first-order valence-corrected chi connectivity index (χ1v) is 23.7. The summed E-state index contributed by atoms with van der Waals surface area (Å²) in [6.07, 6.45) is 4.96. The molecule has 2 aromatic carbocycles. The molecule has 0 fully saturated rings. The second kappa shape index (κ2) is 26.8. The van der Waals surface area contributed by atoms with Crippen LogP contribution in [0.5, 0.6) is 0 Å². The number of carboxylic acid groups (broad SMARTS) is 1. The van der Waals surface area contributed by atoms with Crippen molar-refractivity contribution in [2.75, 3.05) is 13.1 Å². The number of carbonyl (C=O) groups is 6. The van der Waals surface area contributed by atoms with Crippen LogP contribution in [-0.4, -0.2) is 74.0 Å². The lowest BCUT2D eigenvalue weighted by Gasteiger charge is -2.17. The van der Waals surface area contributed by atoms with Gasteiger partial charge in [0, 0.05) is 13.1 Å². The maximum atomic E-state index is 13.8. The number of nitrogens with two attached hydrogens (primary N) is 1. The maximum Gasteiger partial charge on any atom is 0.407 e. The summed E-state index contributed by atoms with van der Waals surface area (Å²) in [5.41, 5.74) is 7.15. The van der Waals surface area contributed by atoms with E-state index < -0.39 is 60.0 Å². The lowest BCUT2D eigenvalue weighted by atomic mass is 10.0. The van der Waals surface area contributed by atoms with Gasteiger partial charge in [0.25, 0.3) is 17.7 Å². The Kier molecular flexibility index (Phi) is 19.8. The molecule has 73 heavy (non-hydrogen) atoms. The highest BCUT2D eigenvalue weighted by atomic mass is 16.6. The van der Waals surface area contributed by atoms with Crippen LogP contribution in [0.1, 0.15) is 167 Å². The van der Waals surface area contributed by atoms with E-state index >= 15 is 0 Å². The Hall–Kier alpha value is -8.34. The van der Waals surface area contributed by atoms with Crippen LogP contribution >= 0.6 is 0 Å². The fourth-order valence-electron chi connectivity index (χ4n) is 7.27. The topological polar surface area (TPSA) is 331 Å². The van der Waals surface area contributed by atoms with Crippen molar-refractivity contribution < 1.29 is 61.0 Å². The number of hydrogen-bond acceptors (Lipinski definition) is 17. The van der Waals surface area contributed by atoms with Crippen LogP contribution in [0.15, 0.2) is 103 Å². The van der Waals surface area contributed by atoms with E-state index in [0.717, 1.165) is 29.9 Å². The number of carboxylic acids is 1. The molecule has 6 aromatic rings. The van der Waals surface area contributed by atoms with Gasteiger partial charge in [0.05, 0.1) is 6.04 Å². The van der Waals surface area contributed by atoms with Crippen LogP contribution in [0.25, 0.3) is 0 Å². The fraction of sp³-hybridized carbons (Fsp3) is 0.400. The highest BCUT2D eigenvalue weighted by Gasteiger charge is 2.29. The average Bonchev–Trinajstić information content (AvgIpc) is 4.23. The predicted molar refractivity (Wildman–Crippen MR) is 257 cm³/mol.